The summed E-state index contributed by atoms with van der Waals surface area (Å²) in [6.45, 7) is 9.26. The molecule has 0 fully saturated rings. The van der Waals surface area contributed by atoms with E-state index in [1.54, 1.807) is 26.2 Å². The van der Waals surface area contributed by atoms with Crippen molar-refractivity contribution < 1.29 is 9.59 Å². The molecule has 25 heavy (non-hydrogen) atoms. The predicted octanol–water partition coefficient (Wildman–Crippen LogP) is 2.30. The number of imidazole rings is 2. The van der Waals surface area contributed by atoms with Crippen LogP contribution in [-0.2, 0) is 35.8 Å². The Hall–Kier alpha value is -2.28. The van der Waals surface area contributed by atoms with E-state index in [1.807, 2.05) is 21.5 Å². The van der Waals surface area contributed by atoms with Gasteiger partial charge in [-0.3, -0.25) is 14.5 Å². The molecule has 0 N–H and O–H groups in total. The number of carbonyl (C=O) groups excluding carboxylic acids is 2. The van der Waals surface area contributed by atoms with Gasteiger partial charge in [0, 0.05) is 30.8 Å². The Morgan fingerprint density at radius 1 is 0.960 bits per heavy atom. The van der Waals surface area contributed by atoms with Gasteiger partial charge in [0.15, 0.2) is 0 Å². The van der Waals surface area contributed by atoms with Gasteiger partial charge in [-0.25, -0.2) is 9.97 Å². The molecule has 2 rings (SSSR count). The summed E-state index contributed by atoms with van der Waals surface area (Å²) in [5.41, 5.74) is 0. The number of aromatic nitrogens is 4. The van der Waals surface area contributed by atoms with Crippen molar-refractivity contribution in [2.75, 3.05) is 0 Å². The van der Waals surface area contributed by atoms with Crippen LogP contribution in [0.15, 0.2) is 24.8 Å². The summed E-state index contributed by atoms with van der Waals surface area (Å²) < 4.78 is 3.75. The molecule has 0 aliphatic heterocycles. The van der Waals surface area contributed by atoms with E-state index in [0.717, 1.165) is 11.6 Å². The molecule has 2 aromatic heterocycles. The van der Waals surface area contributed by atoms with Gasteiger partial charge in [0.25, 0.3) is 0 Å². The van der Waals surface area contributed by atoms with Crippen LogP contribution in [0.1, 0.15) is 46.8 Å². The molecule has 138 valence electrons. The van der Waals surface area contributed by atoms with E-state index in [-0.39, 0.29) is 25.0 Å². The summed E-state index contributed by atoms with van der Waals surface area (Å²) in [4.78, 5) is 33.7. The van der Waals surface area contributed by atoms with Gasteiger partial charge >= 0.3 is 0 Å². The van der Waals surface area contributed by atoms with E-state index >= 15 is 0 Å². The largest absolute Gasteiger partial charge is 0.326 e. The van der Waals surface area contributed by atoms with E-state index in [0.29, 0.717) is 26.2 Å². The third-order valence-corrected chi connectivity index (χ3v) is 3.81. The molecule has 2 aromatic rings. The fraction of sp³-hybridized carbons (Fsp3) is 0.556. The predicted molar refractivity (Wildman–Crippen MR) is 96.9 cm³/mol. The number of ketones is 2. The van der Waals surface area contributed by atoms with Crippen LogP contribution in [0, 0.1) is 0 Å². The van der Waals surface area contributed by atoms with E-state index in [1.165, 1.54) is 0 Å². The molecule has 0 saturated carbocycles. The van der Waals surface area contributed by atoms with Crippen molar-refractivity contribution in [1.82, 2.24) is 24.0 Å². The van der Waals surface area contributed by atoms with Gasteiger partial charge in [-0.15, -0.1) is 0 Å². The first-order chi connectivity index (χ1) is 11.4. The van der Waals surface area contributed by atoms with Gasteiger partial charge in [0.2, 0.25) is 0 Å². The van der Waals surface area contributed by atoms with Crippen LogP contribution in [0.5, 0.6) is 0 Å². The minimum absolute atomic E-state index is 0. The van der Waals surface area contributed by atoms with Crippen LogP contribution in [-0.4, -0.2) is 41.6 Å². The average molecular weight is 347 g/mol. The van der Waals surface area contributed by atoms with Crippen molar-refractivity contribution in [2.45, 2.75) is 67.3 Å². The van der Waals surface area contributed by atoms with Crippen molar-refractivity contribution in [1.29, 1.82) is 0 Å². The highest BCUT2D eigenvalue weighted by atomic mass is 16.1. The van der Waals surface area contributed by atoms with Crippen LogP contribution in [0.25, 0.3) is 0 Å². The molecule has 2 heterocycles. The topological polar surface area (TPSA) is 73.0 Å². The van der Waals surface area contributed by atoms with Crippen LogP contribution in [0.3, 0.4) is 0 Å². The molecular weight excluding hydrogens is 318 g/mol. The first-order valence-corrected chi connectivity index (χ1v) is 8.09. The van der Waals surface area contributed by atoms with Gasteiger partial charge in [-0.05, 0) is 27.7 Å². The number of rotatable bonds is 9. The third kappa shape index (κ3) is 5.94. The second-order valence-electron chi connectivity index (χ2n) is 6.35. The second-order valence-corrected chi connectivity index (χ2v) is 6.35. The summed E-state index contributed by atoms with van der Waals surface area (Å²) in [6, 6.07) is 0.273. The SMILES string of the molecule is C.CC(=O)Cn1ccnc1CN(Cc1nccn1CC(C)=O)C(C)C. The van der Waals surface area contributed by atoms with E-state index in [2.05, 4.69) is 28.7 Å². The van der Waals surface area contributed by atoms with Crippen LogP contribution >= 0.6 is 0 Å². The second kappa shape index (κ2) is 9.27. The Morgan fingerprint density at radius 3 is 1.68 bits per heavy atom. The lowest BCUT2D eigenvalue weighted by Crippen LogP contribution is -2.32. The molecule has 0 amide bonds. The third-order valence-electron chi connectivity index (χ3n) is 3.81. The molecular formula is C18H29N5O2. The Labute approximate surface area is 149 Å². The number of nitrogens with zero attached hydrogens (tertiary/aromatic N) is 5. The van der Waals surface area contributed by atoms with Crippen LogP contribution in [0.4, 0.5) is 0 Å². The quantitative estimate of drug-likeness (QED) is 0.696. The van der Waals surface area contributed by atoms with Gasteiger partial charge < -0.3 is 9.13 Å². The fourth-order valence-corrected chi connectivity index (χ4v) is 2.54. The Bertz CT molecular complexity index is 646. The van der Waals surface area contributed by atoms with Crippen LogP contribution in [0.2, 0.25) is 0 Å². The van der Waals surface area contributed by atoms with Gasteiger partial charge in [-0.2, -0.15) is 0 Å². The molecule has 0 bridgehead atoms. The maximum atomic E-state index is 11.4. The lowest BCUT2D eigenvalue weighted by Gasteiger charge is -2.26. The lowest BCUT2D eigenvalue weighted by atomic mass is 10.3. The number of Topliss-reactive ketones (excluding diaryl/α,β-unsaturated/α-hetero) is 2. The molecule has 7 nitrogen and oxygen atoms in total. The molecule has 0 radical (unpaired) electrons. The van der Waals surface area contributed by atoms with Crippen molar-refractivity contribution in [3.63, 3.8) is 0 Å². The maximum Gasteiger partial charge on any atom is 0.149 e. The number of carbonyl (C=O) groups is 2. The molecule has 0 unspecified atom stereocenters. The van der Waals surface area contributed by atoms with Gasteiger partial charge in [0.05, 0.1) is 26.2 Å². The zero-order valence-corrected chi connectivity index (χ0v) is 14.8. The van der Waals surface area contributed by atoms with Crippen molar-refractivity contribution in [3.05, 3.63) is 36.4 Å². The zero-order valence-electron chi connectivity index (χ0n) is 14.8. The van der Waals surface area contributed by atoms with E-state index < -0.39 is 0 Å². The van der Waals surface area contributed by atoms with Gasteiger partial charge in [0.1, 0.15) is 23.2 Å². The average Bonchev–Trinajstić information content (AvgIpc) is 3.07. The minimum Gasteiger partial charge on any atom is -0.326 e. The summed E-state index contributed by atoms with van der Waals surface area (Å²) in [5, 5.41) is 0. The smallest absolute Gasteiger partial charge is 0.149 e. The zero-order chi connectivity index (χ0) is 17.7. The Balaban J connectivity index is 0.00000312. The van der Waals surface area contributed by atoms with Crippen molar-refractivity contribution in [2.24, 2.45) is 0 Å². The van der Waals surface area contributed by atoms with Crippen LogP contribution < -0.4 is 0 Å². The summed E-state index contributed by atoms with van der Waals surface area (Å²) in [5.74, 6) is 1.90. The highest BCUT2D eigenvalue weighted by Gasteiger charge is 2.17. The fourth-order valence-electron chi connectivity index (χ4n) is 2.54. The van der Waals surface area contributed by atoms with E-state index in [9.17, 15) is 9.59 Å². The molecule has 0 saturated heterocycles. The molecule has 0 aliphatic carbocycles. The standard InChI is InChI=1S/C17H25N5O2.CH4/c1-13(2)22(11-16-18-5-7-20(16)9-14(3)23)12-17-19-6-8-21(17)10-15(4)24;/h5-8,13H,9-12H2,1-4H3;1H4. The van der Waals surface area contributed by atoms with Crippen molar-refractivity contribution in [3.8, 4) is 0 Å². The monoisotopic (exact) mass is 347 g/mol. The molecule has 0 spiro atoms. The Kier molecular flexibility index (Phi) is 7.70. The van der Waals surface area contributed by atoms with E-state index in [4.69, 9.17) is 0 Å². The van der Waals surface area contributed by atoms with Crippen molar-refractivity contribution >= 4 is 11.6 Å². The first-order valence-electron chi connectivity index (χ1n) is 8.09. The summed E-state index contributed by atoms with van der Waals surface area (Å²) in [6.07, 6.45) is 7.08. The number of hydrogen-bond donors (Lipinski definition) is 0. The highest BCUT2D eigenvalue weighted by Crippen LogP contribution is 2.12. The summed E-state index contributed by atoms with van der Waals surface area (Å²) in [7, 11) is 0. The van der Waals surface area contributed by atoms with Gasteiger partial charge in [-0.1, -0.05) is 7.43 Å². The Morgan fingerprint density at radius 2 is 1.36 bits per heavy atom. The normalized spacial score (nSPS) is 11.0. The summed E-state index contributed by atoms with van der Waals surface area (Å²) >= 11 is 0. The minimum atomic E-state index is 0. The lowest BCUT2D eigenvalue weighted by molar-refractivity contribution is -0.118. The maximum absolute atomic E-state index is 11.4. The first kappa shape index (κ1) is 20.8. The number of hydrogen-bond acceptors (Lipinski definition) is 5. The molecule has 0 aromatic carbocycles. The molecule has 7 heteroatoms. The molecule has 0 atom stereocenters. The highest BCUT2D eigenvalue weighted by molar-refractivity contribution is 5.75. The molecule has 0 aliphatic rings.